The molecule has 0 saturated carbocycles. The van der Waals surface area contributed by atoms with E-state index in [9.17, 15) is 9.59 Å². The highest BCUT2D eigenvalue weighted by Crippen LogP contribution is 2.40. The molecule has 2 amide bonds. The van der Waals surface area contributed by atoms with Crippen LogP contribution >= 0.6 is 11.3 Å². The molecule has 7 rings (SSSR count). The van der Waals surface area contributed by atoms with Crippen LogP contribution in [0, 0.1) is 7.05 Å². The quantitative estimate of drug-likeness (QED) is 0.350. The Morgan fingerprint density at radius 1 is 0.771 bits per heavy atom. The number of fused-ring (bicyclic) bond motifs is 3. The topological polar surface area (TPSA) is 68.9 Å². The first-order valence-corrected chi connectivity index (χ1v) is 12.0. The molecule has 0 fully saturated rings. The molecule has 0 aliphatic carbocycles. The number of hydrogen-bond acceptors (Lipinski definition) is 4. The molecule has 6 nitrogen and oxygen atoms in total. The zero-order valence-electron chi connectivity index (χ0n) is 18.4. The van der Waals surface area contributed by atoms with Crippen LogP contribution in [0.15, 0.2) is 84.4 Å². The number of nitrogens with one attached hydrogen (secondary N) is 1. The molecular weight excluding hydrogens is 456 g/mol. The molecule has 6 aromatic rings. The maximum Gasteiger partial charge on any atom is 0.261 e. The van der Waals surface area contributed by atoms with Crippen molar-refractivity contribution < 1.29 is 9.59 Å². The Morgan fingerprint density at radius 3 is 2.26 bits per heavy atom. The van der Waals surface area contributed by atoms with Crippen LogP contribution in [0.1, 0.15) is 11.3 Å². The second-order valence-corrected chi connectivity index (χ2v) is 9.36. The van der Waals surface area contributed by atoms with E-state index < -0.39 is 11.8 Å². The standard InChI is InChI=1S/C28H17N4O2S/c1-31-20-11-5-3-10-18(20)26(30-31)25-24(27(33)29-28(25)34)19-14-32(21-12-6-2-8-16(19)21)22-15-35-23-13-7-4-9-17(22)23/h2-15H,1H2,(H,29,33,34). The minimum Gasteiger partial charge on any atom is -0.314 e. The van der Waals surface area contributed by atoms with Crippen LogP contribution in [0.3, 0.4) is 0 Å². The number of carbonyl (C=O) groups is 2. The largest absolute Gasteiger partial charge is 0.314 e. The van der Waals surface area contributed by atoms with E-state index in [-0.39, 0.29) is 5.57 Å². The highest BCUT2D eigenvalue weighted by molar-refractivity contribution is 7.17. The fraction of sp³-hybridized carbons (Fsp3) is 0. The van der Waals surface area contributed by atoms with E-state index >= 15 is 0 Å². The van der Waals surface area contributed by atoms with E-state index in [0.717, 1.165) is 32.9 Å². The van der Waals surface area contributed by atoms with Crippen molar-refractivity contribution in [3.05, 3.63) is 103 Å². The van der Waals surface area contributed by atoms with Gasteiger partial charge in [0, 0.05) is 38.0 Å². The van der Waals surface area contributed by atoms with Gasteiger partial charge in [-0.3, -0.25) is 19.6 Å². The van der Waals surface area contributed by atoms with Crippen LogP contribution in [0.25, 0.3) is 48.7 Å². The van der Waals surface area contributed by atoms with Gasteiger partial charge in [-0.1, -0.05) is 54.6 Å². The molecule has 35 heavy (non-hydrogen) atoms. The molecule has 0 unspecified atom stereocenters. The highest BCUT2D eigenvalue weighted by atomic mass is 32.1. The maximum atomic E-state index is 13.2. The van der Waals surface area contributed by atoms with Crippen LogP contribution in [0.4, 0.5) is 0 Å². The van der Waals surface area contributed by atoms with Gasteiger partial charge in [0.15, 0.2) is 0 Å². The molecule has 0 atom stereocenters. The van der Waals surface area contributed by atoms with Crippen LogP contribution in [-0.4, -0.2) is 26.2 Å². The van der Waals surface area contributed by atoms with Crippen molar-refractivity contribution in [1.82, 2.24) is 19.7 Å². The summed E-state index contributed by atoms with van der Waals surface area (Å²) in [6.45, 7) is 0. The monoisotopic (exact) mass is 473 g/mol. The first-order chi connectivity index (χ1) is 17.1. The van der Waals surface area contributed by atoms with Crippen molar-refractivity contribution in [1.29, 1.82) is 0 Å². The molecular formula is C28H17N4O2S. The molecule has 0 spiro atoms. The van der Waals surface area contributed by atoms with Gasteiger partial charge in [-0.25, -0.2) is 0 Å². The van der Waals surface area contributed by atoms with E-state index in [1.165, 1.54) is 9.38 Å². The lowest BCUT2D eigenvalue weighted by Gasteiger charge is -2.03. The van der Waals surface area contributed by atoms with Crippen molar-refractivity contribution in [2.24, 2.45) is 0 Å². The summed E-state index contributed by atoms with van der Waals surface area (Å²) in [5.41, 5.74) is 4.52. The third kappa shape index (κ3) is 2.79. The fourth-order valence-electron chi connectivity index (χ4n) is 4.98. The summed E-state index contributed by atoms with van der Waals surface area (Å²) >= 11 is 1.68. The Kier molecular flexibility index (Phi) is 4.13. The highest BCUT2D eigenvalue weighted by Gasteiger charge is 2.36. The van der Waals surface area contributed by atoms with Crippen molar-refractivity contribution in [2.75, 3.05) is 0 Å². The molecule has 167 valence electrons. The summed E-state index contributed by atoms with van der Waals surface area (Å²) in [6, 6.07) is 23.7. The minimum atomic E-state index is -0.452. The lowest BCUT2D eigenvalue weighted by Crippen LogP contribution is -2.22. The summed E-state index contributed by atoms with van der Waals surface area (Å²) in [5, 5.41) is 11.9. The first kappa shape index (κ1) is 19.9. The second-order valence-electron chi connectivity index (χ2n) is 8.45. The van der Waals surface area contributed by atoms with Crippen molar-refractivity contribution in [3.8, 4) is 5.69 Å². The maximum absolute atomic E-state index is 13.2. The van der Waals surface area contributed by atoms with Crippen molar-refractivity contribution >= 4 is 66.2 Å². The third-order valence-corrected chi connectivity index (χ3v) is 7.48. The van der Waals surface area contributed by atoms with Crippen LogP contribution in [0.5, 0.6) is 0 Å². The van der Waals surface area contributed by atoms with Crippen LogP contribution < -0.4 is 5.32 Å². The Labute approximate surface area is 203 Å². The van der Waals surface area contributed by atoms with Gasteiger partial charge in [-0.15, -0.1) is 11.3 Å². The van der Waals surface area contributed by atoms with E-state index in [2.05, 4.69) is 39.5 Å². The van der Waals surface area contributed by atoms with Crippen molar-refractivity contribution in [3.63, 3.8) is 0 Å². The van der Waals surface area contributed by atoms with E-state index in [1.807, 2.05) is 66.9 Å². The lowest BCUT2D eigenvalue weighted by molar-refractivity contribution is -0.122. The normalized spacial score (nSPS) is 14.1. The number of imide groups is 1. The number of rotatable bonds is 3. The van der Waals surface area contributed by atoms with Gasteiger partial charge in [0.25, 0.3) is 11.8 Å². The summed E-state index contributed by atoms with van der Waals surface area (Å²) in [7, 11) is 3.96. The number of carbonyl (C=O) groups excluding carboxylic acids is 2. The molecule has 4 heterocycles. The fourth-order valence-corrected chi connectivity index (χ4v) is 5.91. The predicted octanol–water partition coefficient (Wildman–Crippen LogP) is 5.40. The molecule has 0 saturated heterocycles. The summed E-state index contributed by atoms with van der Waals surface area (Å²) in [4.78, 5) is 26.3. The molecule has 1 aliphatic heterocycles. The van der Waals surface area contributed by atoms with Gasteiger partial charge in [0.05, 0.1) is 34.9 Å². The summed E-state index contributed by atoms with van der Waals surface area (Å²) < 4.78 is 4.77. The summed E-state index contributed by atoms with van der Waals surface area (Å²) in [6.07, 6.45) is 1.95. The molecule has 3 aromatic carbocycles. The average Bonchev–Trinajstić information content (AvgIpc) is 3.61. The second kappa shape index (κ2) is 7.25. The van der Waals surface area contributed by atoms with Gasteiger partial charge in [0.1, 0.15) is 5.69 Å². The molecule has 1 aliphatic rings. The van der Waals surface area contributed by atoms with Gasteiger partial charge < -0.3 is 4.57 Å². The van der Waals surface area contributed by atoms with E-state index in [1.54, 1.807) is 11.3 Å². The number of nitrogens with zero attached hydrogens (tertiary/aromatic N) is 3. The van der Waals surface area contributed by atoms with Gasteiger partial charge in [0.2, 0.25) is 0 Å². The molecule has 1 radical (unpaired) electrons. The third-order valence-electron chi connectivity index (χ3n) is 6.53. The first-order valence-electron chi connectivity index (χ1n) is 11.1. The average molecular weight is 474 g/mol. The Balaban J connectivity index is 1.55. The van der Waals surface area contributed by atoms with E-state index in [0.29, 0.717) is 16.8 Å². The van der Waals surface area contributed by atoms with Gasteiger partial charge in [-0.2, -0.15) is 5.10 Å². The Morgan fingerprint density at radius 2 is 1.43 bits per heavy atom. The SMILES string of the molecule is [CH2]n1nc(C2=C(c3cn(-c4csc5ccccc45)c4ccccc34)C(=O)NC2=O)c2ccccc21. The molecule has 0 bridgehead atoms. The summed E-state index contributed by atoms with van der Waals surface area (Å²) in [5.74, 6) is -0.877. The zero-order chi connectivity index (χ0) is 23.7. The number of amides is 2. The minimum absolute atomic E-state index is 0.270. The molecule has 7 heteroatoms. The predicted molar refractivity (Wildman–Crippen MR) is 139 cm³/mol. The smallest absolute Gasteiger partial charge is 0.261 e. The number of para-hydroxylation sites is 2. The number of aromatic nitrogens is 3. The van der Waals surface area contributed by atoms with Gasteiger partial charge >= 0.3 is 0 Å². The van der Waals surface area contributed by atoms with Crippen LogP contribution in [0.2, 0.25) is 0 Å². The van der Waals surface area contributed by atoms with Gasteiger partial charge in [-0.05, 0) is 18.2 Å². The zero-order valence-corrected chi connectivity index (χ0v) is 19.2. The molecule has 3 aromatic heterocycles. The number of hydrogen-bond donors (Lipinski definition) is 1. The number of thiophene rings is 1. The van der Waals surface area contributed by atoms with Crippen molar-refractivity contribution in [2.45, 2.75) is 0 Å². The van der Waals surface area contributed by atoms with E-state index in [4.69, 9.17) is 0 Å². The Bertz CT molecular complexity index is 1890. The lowest BCUT2D eigenvalue weighted by atomic mass is 9.97. The number of benzene rings is 3. The molecule has 1 N–H and O–H groups in total. The Hall–Kier alpha value is -4.49. The van der Waals surface area contributed by atoms with Crippen LogP contribution in [-0.2, 0) is 9.59 Å².